The fourth-order valence-electron chi connectivity index (χ4n) is 4.45. The minimum atomic E-state index is -1.21. The topological polar surface area (TPSA) is 65.1 Å². The number of ketones is 1. The zero-order chi connectivity index (χ0) is 24.0. The molecule has 3 aromatic carbocycles. The molecule has 1 aliphatic rings. The van der Waals surface area contributed by atoms with Gasteiger partial charge in [-0.1, -0.05) is 67.6 Å². The summed E-state index contributed by atoms with van der Waals surface area (Å²) in [5.41, 5.74) is 1.08. The van der Waals surface area contributed by atoms with Crippen LogP contribution in [-0.2, 0) is 24.7 Å². The molecule has 0 aromatic heterocycles. The second kappa shape index (κ2) is 10.5. The Morgan fingerprint density at radius 1 is 0.912 bits per heavy atom. The third kappa shape index (κ3) is 4.68. The van der Waals surface area contributed by atoms with E-state index in [1.807, 2.05) is 84.6 Å². The van der Waals surface area contributed by atoms with Gasteiger partial charge in [0.2, 0.25) is 0 Å². The number of hydrogen-bond donors (Lipinski definition) is 0. The second-order valence-corrected chi connectivity index (χ2v) is 8.26. The van der Waals surface area contributed by atoms with Crippen LogP contribution in [0, 0.1) is 0 Å². The van der Waals surface area contributed by atoms with Crippen LogP contribution in [0.15, 0.2) is 84.9 Å². The average molecular weight is 460 g/mol. The van der Waals surface area contributed by atoms with Crippen molar-refractivity contribution in [1.82, 2.24) is 0 Å². The summed E-state index contributed by atoms with van der Waals surface area (Å²) >= 11 is 0. The second-order valence-electron chi connectivity index (χ2n) is 8.26. The highest BCUT2D eigenvalue weighted by Gasteiger charge is 2.51. The molecule has 1 fully saturated rings. The van der Waals surface area contributed by atoms with Crippen LogP contribution >= 0.6 is 0 Å². The largest absolute Gasteiger partial charge is 0.468 e. The van der Waals surface area contributed by atoms with Crippen LogP contribution in [0.1, 0.15) is 30.9 Å². The summed E-state index contributed by atoms with van der Waals surface area (Å²) in [4.78, 5) is 29.1. The molecule has 3 aromatic rings. The van der Waals surface area contributed by atoms with Crippen molar-refractivity contribution in [1.29, 1.82) is 0 Å². The minimum Gasteiger partial charge on any atom is -0.468 e. The van der Waals surface area contributed by atoms with Crippen molar-refractivity contribution in [2.24, 2.45) is 0 Å². The predicted octanol–water partition coefficient (Wildman–Crippen LogP) is 4.71. The molecular formula is C28H29NO5. The highest BCUT2D eigenvalue weighted by atomic mass is 16.7. The van der Waals surface area contributed by atoms with Crippen LogP contribution in [0.3, 0.4) is 0 Å². The van der Waals surface area contributed by atoms with E-state index in [1.165, 1.54) is 0 Å². The highest BCUT2D eigenvalue weighted by molar-refractivity contribution is 6.08. The Morgan fingerprint density at radius 3 is 2.12 bits per heavy atom. The normalized spacial score (nSPS) is 20.0. The maximum Gasteiger partial charge on any atom is 0.337 e. The molecule has 1 heterocycles. The van der Waals surface area contributed by atoms with E-state index >= 15 is 0 Å². The monoisotopic (exact) mass is 459 g/mol. The number of carbonyl (C=O) groups is 2. The van der Waals surface area contributed by atoms with Gasteiger partial charge in [-0.2, -0.15) is 0 Å². The van der Waals surface area contributed by atoms with E-state index in [4.69, 9.17) is 14.2 Å². The highest BCUT2D eigenvalue weighted by Crippen LogP contribution is 2.42. The van der Waals surface area contributed by atoms with E-state index in [0.717, 1.165) is 17.7 Å². The number of ether oxygens (including phenoxy) is 3. The van der Waals surface area contributed by atoms with Crippen molar-refractivity contribution in [3.8, 4) is 5.75 Å². The first kappa shape index (κ1) is 23.5. The third-order valence-corrected chi connectivity index (χ3v) is 5.99. The SMILES string of the molecule is CCCN(c1ccccc1)C1C(=O)CC(c2ccccc2)(c2ccc(OCOC)cc2)OC1=O. The lowest BCUT2D eigenvalue weighted by Gasteiger charge is -2.42. The van der Waals surface area contributed by atoms with Gasteiger partial charge in [-0.05, 0) is 30.7 Å². The Labute approximate surface area is 200 Å². The molecule has 176 valence electrons. The van der Waals surface area contributed by atoms with E-state index in [1.54, 1.807) is 19.2 Å². The molecule has 0 amide bonds. The minimum absolute atomic E-state index is 0.0404. The summed E-state index contributed by atoms with van der Waals surface area (Å²) in [5, 5.41) is 0. The van der Waals surface area contributed by atoms with Crippen molar-refractivity contribution in [2.45, 2.75) is 31.4 Å². The molecule has 0 N–H and O–H groups in total. The number of Topliss-reactive ketones (excluding diaryl/α,β-unsaturated/α-hetero) is 1. The van der Waals surface area contributed by atoms with Crippen molar-refractivity contribution in [3.63, 3.8) is 0 Å². The maximum absolute atomic E-state index is 13.7. The molecule has 4 rings (SSSR count). The molecule has 0 saturated carbocycles. The smallest absolute Gasteiger partial charge is 0.337 e. The van der Waals surface area contributed by atoms with Gasteiger partial charge in [0.05, 0.1) is 6.42 Å². The van der Waals surface area contributed by atoms with E-state index < -0.39 is 17.6 Å². The summed E-state index contributed by atoms with van der Waals surface area (Å²) in [6.45, 7) is 2.72. The number of hydrogen-bond acceptors (Lipinski definition) is 6. The van der Waals surface area contributed by atoms with Crippen LogP contribution < -0.4 is 9.64 Å². The fourth-order valence-corrected chi connectivity index (χ4v) is 4.45. The lowest BCUT2D eigenvalue weighted by atomic mass is 9.78. The standard InChI is InChI=1S/C28H29NO5/c1-3-18-29(23-12-8-5-9-13-23)26-25(30)19-28(34-27(26)31,21-10-6-4-7-11-21)22-14-16-24(17-15-22)33-20-32-2/h4-17,26H,3,18-20H2,1-2H3. The summed E-state index contributed by atoms with van der Waals surface area (Å²) < 4.78 is 16.7. The Balaban J connectivity index is 1.72. The van der Waals surface area contributed by atoms with Crippen molar-refractivity contribution in [3.05, 3.63) is 96.1 Å². The number of rotatable bonds is 9. The molecule has 34 heavy (non-hydrogen) atoms. The summed E-state index contributed by atoms with van der Waals surface area (Å²) in [6, 6.07) is 25.2. The van der Waals surface area contributed by atoms with Crippen LogP contribution in [0.4, 0.5) is 5.69 Å². The molecule has 6 nitrogen and oxygen atoms in total. The first-order valence-corrected chi connectivity index (χ1v) is 11.4. The zero-order valence-electron chi connectivity index (χ0n) is 19.5. The molecule has 1 aliphatic heterocycles. The van der Waals surface area contributed by atoms with E-state index in [9.17, 15) is 9.59 Å². The molecule has 0 spiro atoms. The number of para-hydroxylation sites is 1. The lowest BCUT2D eigenvalue weighted by Crippen LogP contribution is -2.56. The fraction of sp³-hybridized carbons (Fsp3) is 0.286. The average Bonchev–Trinajstić information content (AvgIpc) is 2.88. The van der Waals surface area contributed by atoms with Crippen LogP contribution in [0.2, 0.25) is 0 Å². The quantitative estimate of drug-likeness (QED) is 0.262. The summed E-state index contributed by atoms with van der Waals surface area (Å²) in [7, 11) is 1.56. The molecule has 0 bridgehead atoms. The van der Waals surface area contributed by atoms with E-state index in [2.05, 4.69) is 0 Å². The molecule has 6 heteroatoms. The van der Waals surface area contributed by atoms with Gasteiger partial charge >= 0.3 is 5.97 Å². The third-order valence-electron chi connectivity index (χ3n) is 5.99. The van der Waals surface area contributed by atoms with Gasteiger partial charge in [0.25, 0.3) is 0 Å². The summed E-state index contributed by atoms with van der Waals surface area (Å²) in [6.07, 6.45) is 0.831. The van der Waals surface area contributed by atoms with Crippen molar-refractivity contribution >= 4 is 17.4 Å². The Hall–Kier alpha value is -3.64. The van der Waals surface area contributed by atoms with Gasteiger partial charge in [-0.3, -0.25) is 4.79 Å². The molecular weight excluding hydrogens is 430 g/mol. The number of carbonyl (C=O) groups excluding carboxylic acids is 2. The number of cyclic esters (lactones) is 1. The van der Waals surface area contributed by atoms with Gasteiger partial charge in [0.1, 0.15) is 5.75 Å². The number of esters is 1. The molecule has 2 unspecified atom stereocenters. The summed E-state index contributed by atoms with van der Waals surface area (Å²) in [5.74, 6) is -0.0902. The molecule has 2 atom stereocenters. The van der Waals surface area contributed by atoms with Gasteiger partial charge < -0.3 is 19.1 Å². The van der Waals surface area contributed by atoms with E-state index in [0.29, 0.717) is 17.9 Å². The Kier molecular flexibility index (Phi) is 7.28. The molecule has 1 saturated heterocycles. The van der Waals surface area contributed by atoms with Gasteiger partial charge in [0.15, 0.2) is 24.2 Å². The number of nitrogens with zero attached hydrogens (tertiary/aromatic N) is 1. The van der Waals surface area contributed by atoms with Crippen LogP contribution in [-0.4, -0.2) is 38.2 Å². The zero-order valence-corrected chi connectivity index (χ0v) is 19.5. The first-order valence-electron chi connectivity index (χ1n) is 11.4. The maximum atomic E-state index is 13.7. The Bertz CT molecular complexity index is 1080. The van der Waals surface area contributed by atoms with Gasteiger partial charge in [-0.15, -0.1) is 0 Å². The van der Waals surface area contributed by atoms with Crippen molar-refractivity contribution in [2.75, 3.05) is 25.3 Å². The van der Waals surface area contributed by atoms with Crippen LogP contribution in [0.25, 0.3) is 0 Å². The lowest BCUT2D eigenvalue weighted by molar-refractivity contribution is -0.169. The molecule has 0 radical (unpaired) electrons. The van der Waals surface area contributed by atoms with Gasteiger partial charge in [0, 0.05) is 30.5 Å². The number of methoxy groups -OCH3 is 1. The van der Waals surface area contributed by atoms with Crippen molar-refractivity contribution < 1.29 is 23.8 Å². The Morgan fingerprint density at radius 2 is 1.53 bits per heavy atom. The number of benzene rings is 3. The van der Waals surface area contributed by atoms with Crippen LogP contribution in [0.5, 0.6) is 5.75 Å². The number of anilines is 1. The molecule has 0 aliphatic carbocycles. The van der Waals surface area contributed by atoms with Gasteiger partial charge in [-0.25, -0.2) is 4.79 Å². The van der Waals surface area contributed by atoms with E-state index in [-0.39, 0.29) is 19.0 Å². The first-order chi connectivity index (χ1) is 16.6. The predicted molar refractivity (Wildman–Crippen MR) is 130 cm³/mol.